The van der Waals surface area contributed by atoms with Gasteiger partial charge in [0.15, 0.2) is 0 Å². The first kappa shape index (κ1) is 13.6. The molecule has 20 heavy (non-hydrogen) atoms. The van der Waals surface area contributed by atoms with Crippen LogP contribution in [-0.2, 0) is 11.2 Å². The lowest BCUT2D eigenvalue weighted by Gasteiger charge is -2.26. The molecule has 0 spiro atoms. The van der Waals surface area contributed by atoms with Gasteiger partial charge in [0.2, 0.25) is 5.91 Å². The van der Waals surface area contributed by atoms with Crippen molar-refractivity contribution in [1.29, 1.82) is 0 Å². The minimum atomic E-state index is 0.266. The Morgan fingerprint density at radius 1 is 1.20 bits per heavy atom. The summed E-state index contributed by atoms with van der Waals surface area (Å²) in [6, 6.07) is 9.05. The zero-order valence-electron chi connectivity index (χ0n) is 12.1. The van der Waals surface area contributed by atoms with Crippen molar-refractivity contribution < 1.29 is 10.1 Å². The summed E-state index contributed by atoms with van der Waals surface area (Å²) in [6.07, 6.45) is 7.04. The quantitative estimate of drug-likeness (QED) is 0.862. The van der Waals surface area contributed by atoms with E-state index in [0.717, 1.165) is 32.4 Å². The van der Waals surface area contributed by atoms with Gasteiger partial charge in [-0.05, 0) is 18.4 Å². The lowest BCUT2D eigenvalue weighted by molar-refractivity contribution is -0.697. The Bertz CT molecular complexity index is 466. The molecule has 3 N–H and O–H groups in total. The van der Waals surface area contributed by atoms with Gasteiger partial charge in [-0.1, -0.05) is 43.5 Å². The van der Waals surface area contributed by atoms with E-state index in [1.807, 2.05) is 0 Å². The molecule has 1 heterocycles. The Kier molecular flexibility index (Phi) is 4.36. The van der Waals surface area contributed by atoms with E-state index in [1.165, 1.54) is 30.4 Å². The van der Waals surface area contributed by atoms with Gasteiger partial charge in [0, 0.05) is 17.9 Å². The molecule has 0 saturated heterocycles. The monoisotopic (exact) mass is 273 g/mol. The van der Waals surface area contributed by atoms with Gasteiger partial charge in [0.05, 0.1) is 13.1 Å². The third-order valence-electron chi connectivity index (χ3n) is 4.79. The zero-order valence-corrected chi connectivity index (χ0v) is 12.1. The molecule has 0 bridgehead atoms. The summed E-state index contributed by atoms with van der Waals surface area (Å²) in [7, 11) is 0. The largest absolute Gasteiger partial charge is 0.350 e. The molecule has 0 aromatic heterocycles. The molecule has 3 nitrogen and oxygen atoms in total. The predicted octanol–water partition coefficient (Wildman–Crippen LogP) is 1.54. The molecule has 1 atom stereocenters. The van der Waals surface area contributed by atoms with Gasteiger partial charge in [-0.15, -0.1) is 0 Å². The SMILES string of the molecule is O=C(NCC1[NH2+]CCc2ccccc21)C1CCCCC1. The third kappa shape index (κ3) is 3.04. The van der Waals surface area contributed by atoms with Crippen LogP contribution in [0.25, 0.3) is 0 Å². The molecule has 2 aliphatic rings. The van der Waals surface area contributed by atoms with Crippen LogP contribution in [0.15, 0.2) is 24.3 Å². The second-order valence-corrected chi connectivity index (χ2v) is 6.16. The van der Waals surface area contributed by atoms with Crippen LogP contribution >= 0.6 is 0 Å². The van der Waals surface area contributed by atoms with E-state index in [-0.39, 0.29) is 11.8 Å². The second-order valence-electron chi connectivity index (χ2n) is 6.16. The molecule has 108 valence electrons. The number of nitrogens with one attached hydrogen (secondary N) is 1. The number of hydrogen-bond donors (Lipinski definition) is 2. The topological polar surface area (TPSA) is 45.7 Å². The molecule has 1 aromatic rings. The Hall–Kier alpha value is -1.35. The highest BCUT2D eigenvalue weighted by Crippen LogP contribution is 2.24. The normalized spacial score (nSPS) is 23.1. The van der Waals surface area contributed by atoms with Crippen LogP contribution in [0.4, 0.5) is 0 Å². The minimum absolute atomic E-state index is 0.266. The predicted molar refractivity (Wildman–Crippen MR) is 79.3 cm³/mol. The molecule has 1 aliphatic heterocycles. The minimum Gasteiger partial charge on any atom is -0.350 e. The van der Waals surface area contributed by atoms with E-state index in [1.54, 1.807) is 0 Å². The molecular formula is C17H25N2O+. The van der Waals surface area contributed by atoms with E-state index in [0.29, 0.717) is 6.04 Å². The number of fused-ring (bicyclic) bond motifs is 1. The Labute approximate surface area is 121 Å². The van der Waals surface area contributed by atoms with Crippen molar-refractivity contribution in [3.05, 3.63) is 35.4 Å². The summed E-state index contributed by atoms with van der Waals surface area (Å²) >= 11 is 0. The summed E-state index contributed by atoms with van der Waals surface area (Å²) in [5.74, 6) is 0.545. The van der Waals surface area contributed by atoms with Gasteiger partial charge in [0.1, 0.15) is 6.04 Å². The number of nitrogens with two attached hydrogens (primary N) is 1. The van der Waals surface area contributed by atoms with Crippen molar-refractivity contribution in [2.45, 2.75) is 44.6 Å². The maximum Gasteiger partial charge on any atom is 0.223 e. The molecule has 0 radical (unpaired) electrons. The summed E-state index contributed by atoms with van der Waals surface area (Å²) in [5.41, 5.74) is 2.86. The molecular weight excluding hydrogens is 248 g/mol. The van der Waals surface area contributed by atoms with E-state index in [4.69, 9.17) is 0 Å². The lowest BCUT2D eigenvalue weighted by Crippen LogP contribution is -2.88. The summed E-state index contributed by atoms with van der Waals surface area (Å²) < 4.78 is 0. The maximum atomic E-state index is 12.2. The van der Waals surface area contributed by atoms with E-state index >= 15 is 0 Å². The lowest BCUT2D eigenvalue weighted by atomic mass is 9.88. The van der Waals surface area contributed by atoms with E-state index in [2.05, 4.69) is 34.9 Å². The van der Waals surface area contributed by atoms with Gasteiger partial charge in [-0.3, -0.25) is 4.79 Å². The summed E-state index contributed by atoms with van der Waals surface area (Å²) in [4.78, 5) is 12.2. The fourth-order valence-electron chi connectivity index (χ4n) is 3.60. The number of carbonyl (C=O) groups excluding carboxylic acids is 1. The molecule has 1 aliphatic carbocycles. The number of amides is 1. The average Bonchev–Trinajstić information content (AvgIpc) is 2.53. The van der Waals surface area contributed by atoms with Gasteiger partial charge >= 0.3 is 0 Å². The third-order valence-corrected chi connectivity index (χ3v) is 4.79. The fraction of sp³-hybridized carbons (Fsp3) is 0.588. The van der Waals surface area contributed by atoms with Gasteiger partial charge < -0.3 is 10.6 Å². The van der Waals surface area contributed by atoms with Crippen LogP contribution in [-0.4, -0.2) is 19.0 Å². The van der Waals surface area contributed by atoms with Gasteiger partial charge in [-0.25, -0.2) is 0 Å². The van der Waals surface area contributed by atoms with Gasteiger partial charge in [-0.2, -0.15) is 0 Å². The molecule has 1 saturated carbocycles. The van der Waals surface area contributed by atoms with Crippen LogP contribution in [0, 0.1) is 5.92 Å². The number of rotatable bonds is 3. The van der Waals surface area contributed by atoms with Crippen molar-refractivity contribution >= 4 is 5.91 Å². The van der Waals surface area contributed by atoms with Crippen LogP contribution in [0.1, 0.15) is 49.3 Å². The van der Waals surface area contributed by atoms with Crippen LogP contribution in [0.2, 0.25) is 0 Å². The van der Waals surface area contributed by atoms with Crippen molar-refractivity contribution in [3.8, 4) is 0 Å². The number of carbonyl (C=O) groups is 1. The van der Waals surface area contributed by atoms with Crippen molar-refractivity contribution in [3.63, 3.8) is 0 Å². The molecule has 1 aromatic carbocycles. The smallest absolute Gasteiger partial charge is 0.223 e. The average molecular weight is 273 g/mol. The number of hydrogen-bond acceptors (Lipinski definition) is 1. The molecule has 1 fully saturated rings. The highest BCUT2D eigenvalue weighted by Gasteiger charge is 2.25. The van der Waals surface area contributed by atoms with E-state index in [9.17, 15) is 4.79 Å². The van der Waals surface area contributed by atoms with E-state index < -0.39 is 0 Å². The van der Waals surface area contributed by atoms with Crippen molar-refractivity contribution in [1.82, 2.24) is 5.32 Å². The fourth-order valence-corrected chi connectivity index (χ4v) is 3.60. The first-order chi connectivity index (χ1) is 9.84. The first-order valence-corrected chi connectivity index (χ1v) is 8.03. The number of benzene rings is 1. The Balaban J connectivity index is 1.57. The van der Waals surface area contributed by atoms with Gasteiger partial charge in [0.25, 0.3) is 0 Å². The molecule has 1 amide bonds. The second kappa shape index (κ2) is 6.40. The molecule has 3 rings (SSSR count). The number of quaternary nitrogens is 1. The highest BCUT2D eigenvalue weighted by atomic mass is 16.1. The Morgan fingerprint density at radius 2 is 2.00 bits per heavy atom. The highest BCUT2D eigenvalue weighted by molar-refractivity contribution is 5.78. The molecule has 1 unspecified atom stereocenters. The van der Waals surface area contributed by atoms with Crippen LogP contribution in [0.5, 0.6) is 0 Å². The standard InChI is InChI=1S/C17H24N2O/c20-17(14-7-2-1-3-8-14)19-12-16-15-9-5-4-6-13(15)10-11-18-16/h4-6,9,14,16,18H,1-3,7-8,10-12H2,(H,19,20)/p+1. The van der Waals surface area contributed by atoms with Crippen LogP contribution in [0.3, 0.4) is 0 Å². The zero-order chi connectivity index (χ0) is 13.8. The van der Waals surface area contributed by atoms with Crippen molar-refractivity contribution in [2.75, 3.05) is 13.1 Å². The maximum absolute atomic E-state index is 12.2. The Morgan fingerprint density at radius 3 is 2.85 bits per heavy atom. The summed E-state index contributed by atoms with van der Waals surface area (Å²) in [5, 5.41) is 5.56. The summed E-state index contributed by atoms with van der Waals surface area (Å²) in [6.45, 7) is 1.90. The van der Waals surface area contributed by atoms with Crippen molar-refractivity contribution in [2.24, 2.45) is 5.92 Å². The van der Waals surface area contributed by atoms with Crippen LogP contribution < -0.4 is 10.6 Å². The molecule has 3 heteroatoms. The first-order valence-electron chi connectivity index (χ1n) is 8.03.